The zero-order valence-corrected chi connectivity index (χ0v) is 11.0. The predicted molar refractivity (Wildman–Crippen MR) is 69.2 cm³/mol. The first kappa shape index (κ1) is 13.4. The molecule has 0 spiro atoms. The van der Waals surface area contributed by atoms with Crippen LogP contribution < -0.4 is 4.74 Å². The summed E-state index contributed by atoms with van der Waals surface area (Å²) in [6.07, 6.45) is 1.46. The number of benzene rings is 1. The standard InChI is InChI=1S/C14H17NO4/c1-15(9-12(16)17)13(18)14(7-8-14)10-5-3-4-6-11(10)19-2/h3-6H,7-9H2,1-2H3,(H,16,17). The summed E-state index contributed by atoms with van der Waals surface area (Å²) >= 11 is 0. The van der Waals surface area contributed by atoms with Gasteiger partial charge < -0.3 is 14.7 Å². The summed E-state index contributed by atoms with van der Waals surface area (Å²) in [7, 11) is 3.09. The molecule has 1 saturated carbocycles. The topological polar surface area (TPSA) is 66.8 Å². The normalized spacial score (nSPS) is 15.7. The van der Waals surface area contributed by atoms with Crippen LogP contribution in [0.25, 0.3) is 0 Å². The summed E-state index contributed by atoms with van der Waals surface area (Å²) in [5.41, 5.74) is 0.247. The first-order valence-electron chi connectivity index (χ1n) is 6.12. The van der Waals surface area contributed by atoms with E-state index in [0.29, 0.717) is 5.75 Å². The molecular formula is C14H17NO4. The summed E-state index contributed by atoms with van der Waals surface area (Å²) in [5, 5.41) is 8.77. The number of para-hydroxylation sites is 1. The molecule has 0 heterocycles. The smallest absolute Gasteiger partial charge is 0.323 e. The van der Waals surface area contributed by atoms with Gasteiger partial charge in [-0.25, -0.2) is 0 Å². The fourth-order valence-corrected chi connectivity index (χ4v) is 2.40. The van der Waals surface area contributed by atoms with E-state index in [1.807, 2.05) is 24.3 Å². The molecule has 0 radical (unpaired) electrons. The van der Waals surface area contributed by atoms with Crippen LogP contribution in [0, 0.1) is 0 Å². The molecule has 5 nitrogen and oxygen atoms in total. The summed E-state index contributed by atoms with van der Waals surface area (Å²) in [6, 6.07) is 7.41. The molecule has 5 heteroatoms. The highest BCUT2D eigenvalue weighted by atomic mass is 16.5. The molecule has 1 aromatic carbocycles. The fraction of sp³-hybridized carbons (Fsp3) is 0.429. The highest BCUT2D eigenvalue weighted by Gasteiger charge is 2.54. The van der Waals surface area contributed by atoms with Crippen molar-refractivity contribution < 1.29 is 19.4 Å². The second-order valence-electron chi connectivity index (χ2n) is 4.84. The van der Waals surface area contributed by atoms with Gasteiger partial charge in [-0.05, 0) is 18.9 Å². The monoisotopic (exact) mass is 263 g/mol. The minimum atomic E-state index is -1.01. The van der Waals surface area contributed by atoms with E-state index in [-0.39, 0.29) is 12.5 Å². The van der Waals surface area contributed by atoms with Crippen LogP contribution in [0.1, 0.15) is 18.4 Å². The van der Waals surface area contributed by atoms with Crippen LogP contribution in [0.3, 0.4) is 0 Å². The number of carbonyl (C=O) groups is 2. The van der Waals surface area contributed by atoms with Crippen LogP contribution >= 0.6 is 0 Å². The van der Waals surface area contributed by atoms with Crippen molar-refractivity contribution in [1.29, 1.82) is 0 Å². The van der Waals surface area contributed by atoms with Crippen LogP contribution in [-0.2, 0) is 15.0 Å². The molecular weight excluding hydrogens is 246 g/mol. The Hall–Kier alpha value is -2.04. The Morgan fingerprint density at radius 3 is 2.53 bits per heavy atom. The lowest BCUT2D eigenvalue weighted by atomic mass is 9.93. The maximum atomic E-state index is 12.4. The zero-order chi connectivity index (χ0) is 14.0. The number of ether oxygens (including phenoxy) is 1. The minimum absolute atomic E-state index is 0.153. The lowest BCUT2D eigenvalue weighted by Gasteiger charge is -2.23. The van der Waals surface area contributed by atoms with Crippen molar-refractivity contribution in [1.82, 2.24) is 4.90 Å². The third-order valence-electron chi connectivity index (χ3n) is 3.50. The Bertz CT molecular complexity index is 508. The number of aliphatic carboxylic acids is 1. The van der Waals surface area contributed by atoms with Gasteiger partial charge >= 0.3 is 5.97 Å². The molecule has 0 unspecified atom stereocenters. The maximum absolute atomic E-state index is 12.4. The van der Waals surface area contributed by atoms with Crippen molar-refractivity contribution >= 4 is 11.9 Å². The van der Waals surface area contributed by atoms with Crippen LogP contribution in [0.5, 0.6) is 5.75 Å². The third-order valence-corrected chi connectivity index (χ3v) is 3.50. The zero-order valence-electron chi connectivity index (χ0n) is 11.0. The van der Waals surface area contributed by atoms with Gasteiger partial charge in [0.05, 0.1) is 12.5 Å². The minimum Gasteiger partial charge on any atom is -0.496 e. The summed E-state index contributed by atoms with van der Waals surface area (Å²) in [4.78, 5) is 24.4. The summed E-state index contributed by atoms with van der Waals surface area (Å²) in [5.74, 6) is -0.483. The average Bonchev–Trinajstić information content (AvgIpc) is 3.18. The Morgan fingerprint density at radius 1 is 1.37 bits per heavy atom. The molecule has 102 valence electrons. The molecule has 0 aromatic heterocycles. The number of carboxylic acids is 1. The van der Waals surface area contributed by atoms with Crippen molar-refractivity contribution in [2.75, 3.05) is 20.7 Å². The largest absolute Gasteiger partial charge is 0.496 e. The lowest BCUT2D eigenvalue weighted by molar-refractivity contribution is -0.144. The molecule has 1 N–H and O–H groups in total. The third kappa shape index (κ3) is 2.41. The van der Waals surface area contributed by atoms with Gasteiger partial charge in [-0.1, -0.05) is 18.2 Å². The van der Waals surface area contributed by atoms with E-state index in [1.165, 1.54) is 11.9 Å². The molecule has 1 aliphatic carbocycles. The molecule has 1 aromatic rings. The molecule has 0 atom stereocenters. The molecule has 1 amide bonds. The van der Waals surface area contributed by atoms with Gasteiger partial charge in [-0.15, -0.1) is 0 Å². The van der Waals surface area contributed by atoms with Gasteiger partial charge in [0.1, 0.15) is 12.3 Å². The number of hydrogen-bond acceptors (Lipinski definition) is 3. The number of likely N-dealkylation sites (N-methyl/N-ethyl adjacent to an activating group) is 1. The van der Waals surface area contributed by atoms with Crippen molar-refractivity contribution in [3.8, 4) is 5.75 Å². The van der Waals surface area contributed by atoms with Crippen molar-refractivity contribution in [2.45, 2.75) is 18.3 Å². The van der Waals surface area contributed by atoms with Crippen LogP contribution in [0.4, 0.5) is 0 Å². The quantitative estimate of drug-likeness (QED) is 0.868. The van der Waals surface area contributed by atoms with E-state index >= 15 is 0 Å². The van der Waals surface area contributed by atoms with E-state index in [2.05, 4.69) is 0 Å². The molecule has 19 heavy (non-hydrogen) atoms. The van der Waals surface area contributed by atoms with Gasteiger partial charge in [-0.2, -0.15) is 0 Å². The molecule has 1 fully saturated rings. The highest BCUT2D eigenvalue weighted by molar-refractivity contribution is 5.93. The summed E-state index contributed by atoms with van der Waals surface area (Å²) < 4.78 is 5.30. The van der Waals surface area contributed by atoms with E-state index < -0.39 is 11.4 Å². The van der Waals surface area contributed by atoms with E-state index in [1.54, 1.807) is 7.11 Å². The molecule has 2 rings (SSSR count). The Kier molecular flexibility index (Phi) is 3.46. The van der Waals surface area contributed by atoms with Gasteiger partial charge in [0, 0.05) is 12.6 Å². The number of hydrogen-bond donors (Lipinski definition) is 1. The van der Waals surface area contributed by atoms with Crippen molar-refractivity contribution in [3.05, 3.63) is 29.8 Å². The Morgan fingerprint density at radius 2 is 2.00 bits per heavy atom. The second-order valence-corrected chi connectivity index (χ2v) is 4.84. The van der Waals surface area contributed by atoms with Gasteiger partial charge in [0.25, 0.3) is 0 Å². The van der Waals surface area contributed by atoms with Crippen molar-refractivity contribution in [2.24, 2.45) is 0 Å². The summed E-state index contributed by atoms with van der Waals surface area (Å²) in [6.45, 7) is -0.282. The second kappa shape index (κ2) is 4.91. The number of rotatable bonds is 5. The number of nitrogens with zero attached hydrogens (tertiary/aromatic N) is 1. The number of carboxylic acid groups (broad SMARTS) is 1. The number of methoxy groups -OCH3 is 1. The lowest BCUT2D eigenvalue weighted by Crippen LogP contribution is -2.39. The first-order valence-corrected chi connectivity index (χ1v) is 6.12. The fourth-order valence-electron chi connectivity index (χ4n) is 2.40. The Balaban J connectivity index is 2.28. The van der Waals surface area contributed by atoms with E-state index in [0.717, 1.165) is 18.4 Å². The van der Waals surface area contributed by atoms with E-state index in [9.17, 15) is 9.59 Å². The van der Waals surface area contributed by atoms with Crippen LogP contribution in [0.15, 0.2) is 24.3 Å². The van der Waals surface area contributed by atoms with Gasteiger partial charge in [-0.3, -0.25) is 9.59 Å². The van der Waals surface area contributed by atoms with Crippen LogP contribution in [0.2, 0.25) is 0 Å². The molecule has 0 saturated heterocycles. The number of carbonyl (C=O) groups excluding carboxylic acids is 1. The van der Waals surface area contributed by atoms with Crippen molar-refractivity contribution in [3.63, 3.8) is 0 Å². The van der Waals surface area contributed by atoms with Gasteiger partial charge in [0.2, 0.25) is 5.91 Å². The molecule has 0 bridgehead atoms. The molecule has 0 aliphatic heterocycles. The van der Waals surface area contributed by atoms with E-state index in [4.69, 9.17) is 9.84 Å². The first-order chi connectivity index (χ1) is 9.01. The molecule has 1 aliphatic rings. The highest BCUT2D eigenvalue weighted by Crippen LogP contribution is 2.52. The van der Waals surface area contributed by atoms with Gasteiger partial charge in [0.15, 0.2) is 0 Å². The average molecular weight is 263 g/mol. The maximum Gasteiger partial charge on any atom is 0.323 e. The SMILES string of the molecule is COc1ccccc1C1(C(=O)N(C)CC(=O)O)CC1. The predicted octanol–water partition coefficient (Wildman–Crippen LogP) is 1.27. The Labute approximate surface area is 111 Å². The number of amides is 1. The van der Waals surface area contributed by atoms with Crippen LogP contribution in [-0.4, -0.2) is 42.6 Å².